The zero-order chi connectivity index (χ0) is 55.2. The molecule has 0 aliphatic carbocycles. The summed E-state index contributed by atoms with van der Waals surface area (Å²) in [4.78, 5) is 69.3. The minimum atomic E-state index is -1.27. The summed E-state index contributed by atoms with van der Waals surface area (Å²) in [5.41, 5.74) is 6.98. The van der Waals surface area contributed by atoms with Crippen LogP contribution in [0.2, 0.25) is 0 Å². The summed E-state index contributed by atoms with van der Waals surface area (Å²) in [6.45, 7) is 3.12. The lowest BCUT2D eigenvalue weighted by Gasteiger charge is -2.37. The Labute approximate surface area is 467 Å². The van der Waals surface area contributed by atoms with Crippen molar-refractivity contribution in [1.82, 2.24) is 21.3 Å². The second-order valence-electron chi connectivity index (χ2n) is 19.1. The minimum absolute atomic E-state index is 0.00180. The number of thioether (sulfide) groups is 2. The van der Waals surface area contributed by atoms with E-state index < -0.39 is 75.8 Å². The summed E-state index contributed by atoms with van der Waals surface area (Å²) >= 11 is 3.25. The molecule has 0 saturated carbocycles. The fraction of sp³-hybridized carbons (Fsp3) is 0.246. The first kappa shape index (κ1) is 58.0. The number of amides is 4. The molecule has 0 heterocycles. The average Bonchev–Trinajstić information content (AvgIpc) is 3.50. The van der Waals surface area contributed by atoms with Crippen molar-refractivity contribution < 1.29 is 33.8 Å². The van der Waals surface area contributed by atoms with Gasteiger partial charge < -0.3 is 31.1 Å². The van der Waals surface area contributed by atoms with Crippen LogP contribution in [0.1, 0.15) is 65.6 Å². The van der Waals surface area contributed by atoms with Crippen molar-refractivity contribution in [3.05, 3.63) is 263 Å². The molecule has 78 heavy (non-hydrogen) atoms. The molecule has 0 radical (unpaired) electrons. The molecule has 0 saturated heterocycles. The van der Waals surface area contributed by atoms with Crippen molar-refractivity contribution in [3.63, 3.8) is 0 Å². The van der Waals surface area contributed by atoms with E-state index in [-0.39, 0.29) is 18.6 Å². The summed E-state index contributed by atoms with van der Waals surface area (Å²) in [6.07, 6.45) is 2.68. The highest BCUT2D eigenvalue weighted by Gasteiger charge is 2.40. The number of benzene rings is 7. The van der Waals surface area contributed by atoms with Crippen LogP contribution in [0.15, 0.2) is 224 Å². The molecule has 0 aliphatic heterocycles. The van der Waals surface area contributed by atoms with Gasteiger partial charge in [0, 0.05) is 12.2 Å². The van der Waals surface area contributed by atoms with E-state index in [9.17, 15) is 29.1 Å². The van der Waals surface area contributed by atoms with E-state index in [1.54, 1.807) is 31.7 Å². The Hall–Kier alpha value is -7.71. The number of esters is 1. The SMILES string of the molecule is COC(=O)CNC(=O)[C@H](NC(=O)[C@@H](CSC(c1ccccc1)(c1ccccc1)c1ccccc1)NC(=O)[C@@H](Cc1ccccc1)NC(=O)C[C@H](O)/C=C/CCSC(c1ccccc1)(c1ccccc1)c1ccccc1)C(C)C. The van der Waals surface area contributed by atoms with Crippen LogP contribution in [-0.4, -0.2) is 84.1 Å². The van der Waals surface area contributed by atoms with Crippen LogP contribution in [0, 0.1) is 5.92 Å². The second kappa shape index (κ2) is 29.1. The third kappa shape index (κ3) is 15.3. The number of hydrogen-bond acceptors (Lipinski definition) is 9. The molecule has 0 bridgehead atoms. The molecule has 5 N–H and O–H groups in total. The summed E-state index contributed by atoms with van der Waals surface area (Å²) in [5.74, 6) is -2.85. The smallest absolute Gasteiger partial charge is 0.325 e. The molecule has 0 fully saturated rings. The molecule has 7 rings (SSSR count). The number of nitrogens with one attached hydrogen (secondary N) is 4. The third-order valence-corrected chi connectivity index (χ3v) is 16.6. The topological polar surface area (TPSA) is 163 Å². The lowest BCUT2D eigenvalue weighted by Crippen LogP contribution is -2.59. The standard InChI is InChI=1S/C65H68N4O7S2/c1-47(2)60(63(75)66-45-59(72)76-3)69-62(74)57(46-78-65(52-35-19-8-20-36-52,53-37-21-9-22-38-53)54-39-23-10-24-40-54)68-61(73)56(43-48-27-11-4-12-28-48)67-58(71)44-55(70)41-25-26-42-77-64(49-29-13-5-14-30-49,50-31-15-6-16-32-50)51-33-17-7-18-34-51/h4-25,27-41,47,55-57,60,70H,26,42-46H2,1-3H3,(H,66,75)(H,67,71)(H,68,73)(H,69,74)/b41-25+/t55-,56-,57-,60-/m1/s1. The Balaban J connectivity index is 1.12. The van der Waals surface area contributed by atoms with E-state index in [4.69, 9.17) is 4.74 Å². The van der Waals surface area contributed by atoms with Gasteiger partial charge in [-0.25, -0.2) is 0 Å². The molecular formula is C65H68N4O7S2. The fourth-order valence-corrected chi connectivity index (χ4v) is 12.5. The van der Waals surface area contributed by atoms with Crippen LogP contribution in [0.4, 0.5) is 0 Å². The zero-order valence-electron chi connectivity index (χ0n) is 44.2. The maximum atomic E-state index is 14.9. The Kier molecular flexibility index (Phi) is 21.7. The molecule has 402 valence electrons. The Morgan fingerprint density at radius 2 is 0.923 bits per heavy atom. The largest absolute Gasteiger partial charge is 0.468 e. The van der Waals surface area contributed by atoms with Gasteiger partial charge in [-0.2, -0.15) is 0 Å². The molecular weight excluding hydrogens is 1010 g/mol. The Morgan fingerprint density at radius 1 is 0.526 bits per heavy atom. The van der Waals surface area contributed by atoms with Gasteiger partial charge in [-0.1, -0.05) is 238 Å². The molecule has 0 aliphatic rings. The summed E-state index contributed by atoms with van der Waals surface area (Å²) < 4.78 is 3.33. The van der Waals surface area contributed by atoms with Gasteiger partial charge in [-0.15, -0.1) is 23.5 Å². The van der Waals surface area contributed by atoms with Crippen LogP contribution < -0.4 is 21.3 Å². The zero-order valence-corrected chi connectivity index (χ0v) is 45.8. The van der Waals surface area contributed by atoms with Crippen molar-refractivity contribution in [2.75, 3.05) is 25.2 Å². The van der Waals surface area contributed by atoms with Gasteiger partial charge in [0.15, 0.2) is 0 Å². The van der Waals surface area contributed by atoms with E-state index in [0.29, 0.717) is 12.2 Å². The van der Waals surface area contributed by atoms with E-state index >= 15 is 0 Å². The minimum Gasteiger partial charge on any atom is -0.468 e. The van der Waals surface area contributed by atoms with Crippen molar-refractivity contribution in [2.24, 2.45) is 5.92 Å². The van der Waals surface area contributed by atoms with Gasteiger partial charge in [0.05, 0.1) is 29.1 Å². The monoisotopic (exact) mass is 1080 g/mol. The van der Waals surface area contributed by atoms with Crippen LogP contribution in [0.25, 0.3) is 0 Å². The van der Waals surface area contributed by atoms with Crippen molar-refractivity contribution >= 4 is 53.1 Å². The van der Waals surface area contributed by atoms with Crippen molar-refractivity contribution in [2.45, 2.75) is 66.8 Å². The molecule has 7 aromatic rings. The van der Waals surface area contributed by atoms with Gasteiger partial charge >= 0.3 is 5.97 Å². The first-order chi connectivity index (χ1) is 37.9. The fourth-order valence-electron chi connectivity index (χ4n) is 9.43. The maximum Gasteiger partial charge on any atom is 0.325 e. The molecule has 0 aromatic heterocycles. The summed E-state index contributed by atoms with van der Waals surface area (Å²) in [7, 11) is 1.21. The number of rotatable bonds is 27. The van der Waals surface area contributed by atoms with E-state index in [2.05, 4.69) is 94.1 Å². The highest BCUT2D eigenvalue weighted by molar-refractivity contribution is 8.00. The number of methoxy groups -OCH3 is 1. The van der Waals surface area contributed by atoms with Crippen LogP contribution in [0.5, 0.6) is 0 Å². The third-order valence-electron chi connectivity index (χ3n) is 13.4. The molecule has 4 atom stereocenters. The molecule has 0 spiro atoms. The van der Waals surface area contributed by atoms with Crippen LogP contribution in [-0.2, 0) is 44.6 Å². The molecule has 0 unspecified atom stereocenters. The second-order valence-corrected chi connectivity index (χ2v) is 21.6. The number of allylic oxidation sites excluding steroid dienone is 1. The first-order valence-electron chi connectivity index (χ1n) is 26.2. The Bertz CT molecular complexity index is 2820. The van der Waals surface area contributed by atoms with Crippen LogP contribution >= 0.6 is 23.5 Å². The average molecular weight is 1080 g/mol. The highest BCUT2D eigenvalue weighted by atomic mass is 32.2. The maximum absolute atomic E-state index is 14.9. The summed E-state index contributed by atoms with van der Waals surface area (Å²) in [6, 6.07) is 66.7. The summed E-state index contributed by atoms with van der Waals surface area (Å²) in [5, 5.41) is 22.6. The number of carbonyl (C=O) groups excluding carboxylic acids is 5. The number of carbonyl (C=O) groups is 5. The molecule has 11 nitrogen and oxygen atoms in total. The Morgan fingerprint density at radius 3 is 1.33 bits per heavy atom. The van der Waals surface area contributed by atoms with E-state index in [1.807, 2.05) is 146 Å². The number of ether oxygens (including phenoxy) is 1. The molecule has 4 amide bonds. The number of hydrogen-bond donors (Lipinski definition) is 5. The van der Waals surface area contributed by atoms with Gasteiger partial charge in [-0.3, -0.25) is 24.0 Å². The first-order valence-corrected chi connectivity index (χ1v) is 28.2. The predicted molar refractivity (Wildman–Crippen MR) is 314 cm³/mol. The highest BCUT2D eigenvalue weighted by Crippen LogP contribution is 2.50. The lowest BCUT2D eigenvalue weighted by molar-refractivity contribution is -0.141. The van der Waals surface area contributed by atoms with E-state index in [0.717, 1.165) is 38.9 Å². The number of aliphatic hydroxyl groups is 1. The van der Waals surface area contributed by atoms with Gasteiger partial charge in [0.2, 0.25) is 23.6 Å². The van der Waals surface area contributed by atoms with Crippen LogP contribution in [0.3, 0.4) is 0 Å². The predicted octanol–water partition coefficient (Wildman–Crippen LogP) is 9.78. The lowest BCUT2D eigenvalue weighted by atomic mass is 9.84. The van der Waals surface area contributed by atoms with Gasteiger partial charge in [0.1, 0.15) is 24.7 Å². The quantitative estimate of drug-likeness (QED) is 0.0146. The normalized spacial score (nSPS) is 13.1. The van der Waals surface area contributed by atoms with Crippen molar-refractivity contribution in [3.8, 4) is 0 Å². The molecule has 7 aromatic carbocycles. The number of aliphatic hydroxyl groups excluding tert-OH is 1. The van der Waals surface area contributed by atoms with Gasteiger partial charge in [-0.05, 0) is 57.0 Å². The van der Waals surface area contributed by atoms with E-state index in [1.165, 1.54) is 18.9 Å². The van der Waals surface area contributed by atoms with Crippen molar-refractivity contribution in [1.29, 1.82) is 0 Å². The van der Waals surface area contributed by atoms with Gasteiger partial charge in [0.25, 0.3) is 0 Å². The molecule has 13 heteroatoms.